The minimum Gasteiger partial charge on any atom is -0.394 e. The van der Waals surface area contributed by atoms with Crippen molar-refractivity contribution in [3.8, 4) is 0 Å². The van der Waals surface area contributed by atoms with Gasteiger partial charge in [0.2, 0.25) is 0 Å². The number of hydrogen-bond acceptors (Lipinski definition) is 7. The van der Waals surface area contributed by atoms with Crippen LogP contribution in [0.4, 0.5) is 0 Å². The molecule has 5 N–H and O–H groups in total. The summed E-state index contributed by atoms with van der Waals surface area (Å²) in [5.74, 6) is 1.48. The van der Waals surface area contributed by atoms with E-state index in [2.05, 4.69) is 67.5 Å². The fraction of sp³-hybridized carbons (Fsp3) is 0.889. The lowest BCUT2D eigenvalue weighted by Crippen LogP contribution is -2.67. The Bertz CT molecular complexity index is 1080. The number of fused-ring (bicyclic) bond motifs is 5. The lowest BCUT2D eigenvalue weighted by Gasteiger charge is -2.70. The van der Waals surface area contributed by atoms with E-state index in [9.17, 15) is 25.5 Å². The molecule has 0 aromatic carbocycles. The smallest absolute Gasteiger partial charge is 0.186 e. The molecule has 1 aliphatic heterocycles. The average Bonchev–Trinajstić information content (AvgIpc) is 3.31. The Hall–Kier alpha value is -0.800. The van der Waals surface area contributed by atoms with E-state index >= 15 is 0 Å². The van der Waals surface area contributed by atoms with Crippen molar-refractivity contribution < 1.29 is 35.0 Å². The van der Waals surface area contributed by atoms with Crippen LogP contribution in [-0.2, 0) is 9.47 Å². The highest BCUT2D eigenvalue weighted by Crippen LogP contribution is 2.75. The molecule has 0 spiro atoms. The van der Waals surface area contributed by atoms with Gasteiger partial charge in [-0.3, -0.25) is 0 Å². The highest BCUT2D eigenvalue weighted by molar-refractivity contribution is 5.23. The van der Waals surface area contributed by atoms with Crippen LogP contribution in [0.1, 0.15) is 107 Å². The van der Waals surface area contributed by atoms with Crippen molar-refractivity contribution in [3.05, 3.63) is 23.3 Å². The standard InChI is InChI=1S/C36H60O7/c1-20(2)10-9-11-21(3)22-12-16-36(8)28(22)23(38)18-26-34(6)15-14-27(33(4,5)25(34)13-17-35(26,36)7)43-32-31(41)30(40)29(39)24(19-37)42-32/h10-11,22-32,37-41H,9,12-19H2,1-8H3/t22-,23+,24-,25?,26-,27-,28+,29-,30+,31-,32+,34+,35-,36-/m1/s1. The summed E-state index contributed by atoms with van der Waals surface area (Å²) in [6.07, 6.45) is 5.90. The molecule has 1 heterocycles. The van der Waals surface area contributed by atoms with Gasteiger partial charge in [-0.15, -0.1) is 0 Å². The van der Waals surface area contributed by atoms with Crippen LogP contribution in [0.25, 0.3) is 0 Å². The summed E-state index contributed by atoms with van der Waals surface area (Å²) in [6, 6.07) is 0. The zero-order chi connectivity index (χ0) is 31.7. The van der Waals surface area contributed by atoms with Crippen molar-refractivity contribution in [1.82, 2.24) is 0 Å². The molecular weight excluding hydrogens is 544 g/mol. The molecule has 1 saturated heterocycles. The minimum atomic E-state index is -1.44. The molecule has 4 saturated carbocycles. The van der Waals surface area contributed by atoms with E-state index in [1.54, 1.807) is 0 Å². The molecule has 246 valence electrons. The van der Waals surface area contributed by atoms with E-state index in [4.69, 9.17) is 9.47 Å². The first-order valence-corrected chi connectivity index (χ1v) is 17.0. The maximum Gasteiger partial charge on any atom is 0.186 e. The molecule has 4 aliphatic carbocycles. The first-order chi connectivity index (χ1) is 20.0. The van der Waals surface area contributed by atoms with Crippen LogP contribution < -0.4 is 0 Å². The second kappa shape index (κ2) is 11.8. The summed E-state index contributed by atoms with van der Waals surface area (Å²) >= 11 is 0. The Balaban J connectivity index is 1.38. The van der Waals surface area contributed by atoms with Gasteiger partial charge in [0.05, 0.1) is 18.8 Å². The van der Waals surface area contributed by atoms with Gasteiger partial charge in [-0.25, -0.2) is 0 Å². The first kappa shape index (κ1) is 33.6. The molecule has 5 fully saturated rings. The summed E-state index contributed by atoms with van der Waals surface area (Å²) in [5, 5.41) is 52.9. The number of aliphatic hydroxyl groups is 5. The van der Waals surface area contributed by atoms with Crippen molar-refractivity contribution in [2.75, 3.05) is 6.61 Å². The van der Waals surface area contributed by atoms with Crippen LogP contribution in [0.5, 0.6) is 0 Å². The number of allylic oxidation sites excluding steroid dienone is 4. The minimum absolute atomic E-state index is 0.0348. The van der Waals surface area contributed by atoms with E-state index in [0.717, 1.165) is 51.4 Å². The van der Waals surface area contributed by atoms with Crippen molar-refractivity contribution in [1.29, 1.82) is 0 Å². The molecule has 7 nitrogen and oxygen atoms in total. The van der Waals surface area contributed by atoms with Crippen molar-refractivity contribution in [2.24, 2.45) is 45.3 Å². The summed E-state index contributed by atoms with van der Waals surface area (Å²) < 4.78 is 12.2. The molecule has 0 radical (unpaired) electrons. The highest BCUT2D eigenvalue weighted by atomic mass is 16.7. The predicted octanol–water partition coefficient (Wildman–Crippen LogP) is 5.13. The van der Waals surface area contributed by atoms with Gasteiger partial charge < -0.3 is 35.0 Å². The quantitative estimate of drug-likeness (QED) is 0.211. The topological polar surface area (TPSA) is 120 Å². The Labute approximate surface area is 259 Å². The molecule has 0 amide bonds. The van der Waals surface area contributed by atoms with E-state index in [1.807, 2.05) is 0 Å². The molecule has 14 atom stereocenters. The van der Waals surface area contributed by atoms with Crippen LogP contribution in [0.15, 0.2) is 23.3 Å². The van der Waals surface area contributed by atoms with Gasteiger partial charge >= 0.3 is 0 Å². The summed E-state index contributed by atoms with van der Waals surface area (Å²) in [5.41, 5.74) is 2.80. The zero-order valence-electron chi connectivity index (χ0n) is 27.9. The fourth-order valence-corrected chi connectivity index (χ4v) is 11.5. The van der Waals surface area contributed by atoms with Crippen LogP contribution in [0.3, 0.4) is 0 Å². The molecular formula is C36H60O7. The third kappa shape index (κ3) is 5.21. The largest absolute Gasteiger partial charge is 0.394 e. The lowest BCUT2D eigenvalue weighted by atomic mass is 9.35. The van der Waals surface area contributed by atoms with Crippen molar-refractivity contribution >= 4 is 0 Å². The van der Waals surface area contributed by atoms with Crippen LogP contribution in [0, 0.1) is 45.3 Å². The first-order valence-electron chi connectivity index (χ1n) is 17.0. The Morgan fingerprint density at radius 2 is 1.49 bits per heavy atom. The molecule has 0 aromatic rings. The monoisotopic (exact) mass is 604 g/mol. The van der Waals surface area contributed by atoms with Crippen LogP contribution in [0.2, 0.25) is 0 Å². The maximum absolute atomic E-state index is 12.0. The van der Waals surface area contributed by atoms with Crippen LogP contribution >= 0.6 is 0 Å². The molecule has 0 aromatic heterocycles. The summed E-state index contributed by atoms with van der Waals surface area (Å²) in [7, 11) is 0. The SMILES string of the molecule is CC(C)=CCC=C(C)[C@H]1CC[C@]2(C)[C@@H]1[C@@H](O)C[C@@H]1[C@@]3(C)CC[C@@H](O[C@@H]4O[C@H](CO)[C@@H](O)[C@H](O)[C@H]4O)C(C)(C)C3CC[C@]12C. The highest BCUT2D eigenvalue weighted by Gasteiger charge is 2.70. The molecule has 0 bridgehead atoms. The van der Waals surface area contributed by atoms with Gasteiger partial charge in [0.1, 0.15) is 24.4 Å². The molecule has 43 heavy (non-hydrogen) atoms. The second-order valence-electron chi connectivity index (χ2n) is 16.6. The third-order valence-corrected chi connectivity index (χ3v) is 14.0. The molecule has 5 aliphatic rings. The molecule has 7 heteroatoms. The van der Waals surface area contributed by atoms with Gasteiger partial charge in [-0.05, 0) is 117 Å². The van der Waals surface area contributed by atoms with Crippen molar-refractivity contribution in [3.63, 3.8) is 0 Å². The van der Waals surface area contributed by atoms with E-state index in [0.29, 0.717) is 17.8 Å². The normalized spacial score (nSPS) is 51.3. The third-order valence-electron chi connectivity index (χ3n) is 14.0. The van der Waals surface area contributed by atoms with E-state index in [-0.39, 0.29) is 39.8 Å². The Morgan fingerprint density at radius 3 is 2.14 bits per heavy atom. The van der Waals surface area contributed by atoms with Crippen LogP contribution in [-0.4, -0.2) is 75.1 Å². The average molecular weight is 605 g/mol. The number of hydrogen-bond donors (Lipinski definition) is 5. The van der Waals surface area contributed by atoms with Gasteiger partial charge in [-0.2, -0.15) is 0 Å². The number of aliphatic hydroxyl groups excluding tert-OH is 5. The number of ether oxygens (including phenoxy) is 2. The lowest BCUT2D eigenvalue weighted by molar-refractivity contribution is -0.331. The Morgan fingerprint density at radius 1 is 0.814 bits per heavy atom. The Kier molecular flexibility index (Phi) is 9.19. The summed E-state index contributed by atoms with van der Waals surface area (Å²) in [6.45, 7) is 18.2. The molecule has 1 unspecified atom stereocenters. The maximum atomic E-state index is 12.0. The zero-order valence-corrected chi connectivity index (χ0v) is 27.9. The van der Waals surface area contributed by atoms with Crippen molar-refractivity contribution in [2.45, 2.75) is 150 Å². The van der Waals surface area contributed by atoms with Gasteiger partial charge in [0.15, 0.2) is 6.29 Å². The molecule has 5 rings (SSSR count). The fourth-order valence-electron chi connectivity index (χ4n) is 11.5. The second-order valence-corrected chi connectivity index (χ2v) is 16.6. The van der Waals surface area contributed by atoms with Gasteiger partial charge in [0.25, 0.3) is 0 Å². The summed E-state index contributed by atoms with van der Waals surface area (Å²) in [4.78, 5) is 0. The van der Waals surface area contributed by atoms with E-state index < -0.39 is 37.3 Å². The number of rotatable bonds is 6. The van der Waals surface area contributed by atoms with Gasteiger partial charge in [0, 0.05) is 0 Å². The predicted molar refractivity (Wildman–Crippen MR) is 167 cm³/mol. The van der Waals surface area contributed by atoms with Gasteiger partial charge in [-0.1, -0.05) is 57.9 Å². The van der Waals surface area contributed by atoms with E-state index in [1.165, 1.54) is 11.1 Å².